The Balaban J connectivity index is 1.30. The summed E-state index contributed by atoms with van der Waals surface area (Å²) in [7, 11) is 0. The van der Waals surface area contributed by atoms with Crippen molar-refractivity contribution >= 4 is 16.9 Å². The molecule has 196 valence electrons. The first-order chi connectivity index (χ1) is 17.7. The number of fused-ring (bicyclic) bond motifs is 1. The molecule has 0 spiro atoms. The molecule has 6 rings (SSSR count). The number of nitrogens with one attached hydrogen (secondary N) is 1. The van der Waals surface area contributed by atoms with Gasteiger partial charge in [-0.05, 0) is 79.0 Å². The minimum atomic E-state index is -4.13. The molecule has 2 aliphatic heterocycles. The zero-order chi connectivity index (χ0) is 25.9. The lowest BCUT2D eigenvalue weighted by Crippen LogP contribution is -2.59. The fourth-order valence-corrected chi connectivity index (χ4v) is 6.36. The number of carboxylic acid groups (broad SMARTS) is 1. The maximum atomic E-state index is 13.1. The highest BCUT2D eigenvalue weighted by molar-refractivity contribution is 5.88. The number of alkyl halides is 3. The third-order valence-corrected chi connectivity index (χ3v) is 8.68. The largest absolute Gasteiger partial charge is 0.478 e. The van der Waals surface area contributed by atoms with E-state index in [0.717, 1.165) is 37.0 Å². The normalized spacial score (nSPS) is 23.9. The summed E-state index contributed by atoms with van der Waals surface area (Å²) in [4.78, 5) is 19.2. The van der Waals surface area contributed by atoms with E-state index in [1.807, 2.05) is 23.2 Å². The second-order valence-electron chi connectivity index (χ2n) is 11.1. The molecule has 0 unspecified atom stereocenters. The van der Waals surface area contributed by atoms with Crippen LogP contribution in [0.2, 0.25) is 0 Å². The fourth-order valence-electron chi connectivity index (χ4n) is 6.36. The summed E-state index contributed by atoms with van der Waals surface area (Å²) in [5.41, 5.74) is 6.44. The van der Waals surface area contributed by atoms with Crippen LogP contribution >= 0.6 is 0 Å². The Bertz CT molecular complexity index is 1310. The number of H-pyrrole nitrogens is 1. The molecule has 0 bridgehead atoms. The van der Waals surface area contributed by atoms with Gasteiger partial charge in [-0.2, -0.15) is 13.2 Å². The van der Waals surface area contributed by atoms with Gasteiger partial charge < -0.3 is 10.1 Å². The molecule has 1 aliphatic carbocycles. The van der Waals surface area contributed by atoms with Gasteiger partial charge in [0.25, 0.3) is 0 Å². The van der Waals surface area contributed by atoms with Crippen LogP contribution in [0.4, 0.5) is 13.2 Å². The SMILES string of the molecule is Cc1cc(C2CC2)c(CN2CC[C@@H](N3CC(C(F)(F)F)C3)C[C@@H]2c2ccc(C(=O)O)cc2)c2cc[nH]c12. The molecule has 1 aromatic heterocycles. The van der Waals surface area contributed by atoms with E-state index in [2.05, 4.69) is 28.9 Å². The van der Waals surface area contributed by atoms with E-state index in [0.29, 0.717) is 5.92 Å². The lowest BCUT2D eigenvalue weighted by Gasteiger charge is -2.50. The van der Waals surface area contributed by atoms with Gasteiger partial charge in [0.2, 0.25) is 0 Å². The van der Waals surface area contributed by atoms with E-state index in [-0.39, 0.29) is 30.7 Å². The lowest BCUT2D eigenvalue weighted by molar-refractivity contribution is -0.216. The molecule has 1 saturated carbocycles. The first-order valence-corrected chi connectivity index (χ1v) is 13.2. The van der Waals surface area contributed by atoms with Gasteiger partial charge in [0.1, 0.15) is 0 Å². The Hall–Kier alpha value is -2.84. The number of likely N-dealkylation sites (tertiary alicyclic amines) is 2. The molecule has 0 radical (unpaired) electrons. The highest BCUT2D eigenvalue weighted by Crippen LogP contribution is 2.46. The standard InChI is InChI=1S/C29H32F3N3O2/c1-17-12-24(18-2-3-18)25(23-8-10-33-27(17)23)16-34-11-9-22(35-14-21(15-35)29(30,31)32)13-26(34)19-4-6-20(7-5-19)28(36)37/h4-8,10,12,18,21-22,26,33H,2-3,9,11,13-16H2,1H3,(H,36,37)/t22-,26-/m1/s1. The molecule has 3 aliphatic rings. The number of halogens is 3. The topological polar surface area (TPSA) is 59.6 Å². The lowest BCUT2D eigenvalue weighted by atomic mass is 9.86. The molecule has 2 atom stereocenters. The monoisotopic (exact) mass is 511 g/mol. The summed E-state index contributed by atoms with van der Waals surface area (Å²) in [5.74, 6) is -1.60. The first-order valence-electron chi connectivity index (χ1n) is 13.2. The van der Waals surface area contributed by atoms with Gasteiger partial charge in [0.15, 0.2) is 0 Å². The van der Waals surface area contributed by atoms with Crippen LogP contribution in [0.1, 0.15) is 70.3 Å². The number of aromatic carboxylic acids is 1. The molecule has 2 N–H and O–H groups in total. The molecule has 37 heavy (non-hydrogen) atoms. The molecular formula is C29H32F3N3O2. The Kier molecular flexibility index (Phi) is 6.07. The molecule has 3 heterocycles. The van der Waals surface area contributed by atoms with Gasteiger partial charge in [-0.1, -0.05) is 18.2 Å². The molecule has 3 aromatic rings. The van der Waals surface area contributed by atoms with E-state index < -0.39 is 18.1 Å². The van der Waals surface area contributed by atoms with Crippen molar-refractivity contribution in [2.75, 3.05) is 19.6 Å². The number of aromatic amines is 1. The molecular weight excluding hydrogens is 479 g/mol. The number of piperidine rings is 1. The molecule has 2 aromatic carbocycles. The highest BCUT2D eigenvalue weighted by Gasteiger charge is 2.49. The summed E-state index contributed by atoms with van der Waals surface area (Å²) < 4.78 is 39.4. The van der Waals surface area contributed by atoms with Crippen LogP contribution < -0.4 is 0 Å². The van der Waals surface area contributed by atoms with Crippen LogP contribution in [0.3, 0.4) is 0 Å². The van der Waals surface area contributed by atoms with Gasteiger partial charge in [-0.25, -0.2) is 4.79 Å². The van der Waals surface area contributed by atoms with Gasteiger partial charge in [0, 0.05) is 55.4 Å². The molecule has 0 amide bonds. The van der Waals surface area contributed by atoms with Crippen LogP contribution in [-0.2, 0) is 6.54 Å². The third kappa shape index (κ3) is 4.66. The fraction of sp³-hybridized carbons (Fsp3) is 0.483. The molecule has 3 fully saturated rings. The number of hydrogen-bond donors (Lipinski definition) is 2. The van der Waals surface area contributed by atoms with E-state index in [9.17, 15) is 23.1 Å². The van der Waals surface area contributed by atoms with Crippen LogP contribution in [0, 0.1) is 12.8 Å². The average Bonchev–Trinajstić information content (AvgIpc) is 3.55. The maximum absolute atomic E-state index is 13.1. The Morgan fingerprint density at radius 3 is 2.49 bits per heavy atom. The molecule has 2 saturated heterocycles. The molecule has 8 heteroatoms. The summed E-state index contributed by atoms with van der Waals surface area (Å²) in [5, 5.41) is 10.6. The Morgan fingerprint density at radius 2 is 1.84 bits per heavy atom. The van der Waals surface area contributed by atoms with Crippen LogP contribution in [-0.4, -0.2) is 57.7 Å². The van der Waals surface area contributed by atoms with Crippen molar-refractivity contribution in [3.05, 3.63) is 70.4 Å². The average molecular weight is 512 g/mol. The highest BCUT2D eigenvalue weighted by atomic mass is 19.4. The van der Waals surface area contributed by atoms with E-state index in [4.69, 9.17) is 0 Å². The predicted octanol–water partition coefficient (Wildman–Crippen LogP) is 6.25. The summed E-state index contributed by atoms with van der Waals surface area (Å²) >= 11 is 0. The molecule has 5 nitrogen and oxygen atoms in total. The number of aromatic nitrogens is 1. The van der Waals surface area contributed by atoms with Crippen molar-refractivity contribution in [2.24, 2.45) is 5.92 Å². The van der Waals surface area contributed by atoms with Crippen molar-refractivity contribution in [1.29, 1.82) is 0 Å². The zero-order valence-corrected chi connectivity index (χ0v) is 20.9. The summed E-state index contributed by atoms with van der Waals surface area (Å²) in [6.07, 6.45) is 1.84. The van der Waals surface area contributed by atoms with Crippen molar-refractivity contribution in [3.8, 4) is 0 Å². The number of carboxylic acids is 1. The van der Waals surface area contributed by atoms with Crippen molar-refractivity contribution in [3.63, 3.8) is 0 Å². The van der Waals surface area contributed by atoms with Gasteiger partial charge >= 0.3 is 12.1 Å². The Labute approximate surface area is 214 Å². The third-order valence-electron chi connectivity index (χ3n) is 8.68. The van der Waals surface area contributed by atoms with Crippen LogP contribution in [0.5, 0.6) is 0 Å². The van der Waals surface area contributed by atoms with Crippen LogP contribution in [0.15, 0.2) is 42.6 Å². The van der Waals surface area contributed by atoms with Gasteiger partial charge in [0.05, 0.1) is 11.5 Å². The maximum Gasteiger partial charge on any atom is 0.394 e. The smallest absolute Gasteiger partial charge is 0.394 e. The van der Waals surface area contributed by atoms with Gasteiger partial charge in [-0.15, -0.1) is 0 Å². The predicted molar refractivity (Wildman–Crippen MR) is 136 cm³/mol. The van der Waals surface area contributed by atoms with E-state index in [1.165, 1.54) is 34.9 Å². The van der Waals surface area contributed by atoms with Gasteiger partial charge in [-0.3, -0.25) is 9.80 Å². The minimum Gasteiger partial charge on any atom is -0.478 e. The second kappa shape index (κ2) is 9.17. The number of benzene rings is 2. The zero-order valence-electron chi connectivity index (χ0n) is 20.9. The summed E-state index contributed by atoms with van der Waals surface area (Å²) in [6, 6.07) is 11.6. The number of hydrogen-bond acceptors (Lipinski definition) is 3. The first kappa shape index (κ1) is 24.5. The summed E-state index contributed by atoms with van der Waals surface area (Å²) in [6.45, 7) is 3.85. The number of rotatable bonds is 6. The Morgan fingerprint density at radius 1 is 1.11 bits per heavy atom. The number of carbonyl (C=O) groups is 1. The number of aryl methyl sites for hydroxylation is 1. The van der Waals surface area contributed by atoms with E-state index >= 15 is 0 Å². The van der Waals surface area contributed by atoms with Crippen LogP contribution in [0.25, 0.3) is 10.9 Å². The quantitative estimate of drug-likeness (QED) is 0.411. The number of nitrogens with zero attached hydrogens (tertiary/aromatic N) is 2. The second-order valence-corrected chi connectivity index (χ2v) is 11.1. The van der Waals surface area contributed by atoms with Crippen molar-refractivity contribution < 1.29 is 23.1 Å². The van der Waals surface area contributed by atoms with E-state index in [1.54, 1.807) is 12.1 Å². The van der Waals surface area contributed by atoms with Crippen molar-refractivity contribution in [1.82, 2.24) is 14.8 Å². The minimum absolute atomic E-state index is 0.00822. The van der Waals surface area contributed by atoms with Crippen molar-refractivity contribution in [2.45, 2.75) is 63.3 Å².